The number of aromatic nitrogens is 2. The zero-order valence-corrected chi connectivity index (χ0v) is 12.7. The van der Waals surface area contributed by atoms with E-state index in [2.05, 4.69) is 10.4 Å². The van der Waals surface area contributed by atoms with Gasteiger partial charge in [-0.3, -0.25) is 9.48 Å². The van der Waals surface area contributed by atoms with E-state index in [0.717, 1.165) is 4.90 Å². The number of nitrogens with zero attached hydrogens (tertiary/aromatic N) is 3. The zero-order valence-electron chi connectivity index (χ0n) is 12.0. The lowest BCUT2D eigenvalue weighted by Gasteiger charge is -2.18. The number of aliphatic carboxylic acids is 1. The Kier molecular flexibility index (Phi) is 4.73. The van der Waals surface area contributed by atoms with Gasteiger partial charge >= 0.3 is 18.2 Å². The second kappa shape index (κ2) is 6.26. The molecule has 0 aliphatic carbocycles. The SMILES string of the molecule is Cn1cc(Cl)c(CNC(=O)N2C[C@@H](C(F)(F)F)[C@H](C(=O)O)C2)n1. The molecule has 2 amide bonds. The lowest BCUT2D eigenvalue weighted by molar-refractivity contribution is -0.187. The third-order valence-corrected chi connectivity index (χ3v) is 3.92. The molecule has 0 unspecified atom stereocenters. The molecule has 0 aromatic carbocycles. The largest absolute Gasteiger partial charge is 0.481 e. The Hall–Kier alpha value is -1.97. The van der Waals surface area contributed by atoms with Crippen LogP contribution in [0.15, 0.2) is 6.20 Å². The highest BCUT2D eigenvalue weighted by molar-refractivity contribution is 6.31. The van der Waals surface area contributed by atoms with Gasteiger partial charge in [-0.1, -0.05) is 11.6 Å². The average molecular weight is 355 g/mol. The lowest BCUT2D eigenvalue weighted by Crippen LogP contribution is -2.39. The molecule has 2 N–H and O–H groups in total. The molecule has 0 radical (unpaired) electrons. The predicted molar refractivity (Wildman–Crippen MR) is 72.7 cm³/mol. The van der Waals surface area contributed by atoms with Crippen molar-refractivity contribution in [2.24, 2.45) is 18.9 Å². The minimum absolute atomic E-state index is 0.0660. The van der Waals surface area contributed by atoms with Crippen molar-refractivity contribution in [2.45, 2.75) is 12.7 Å². The van der Waals surface area contributed by atoms with E-state index >= 15 is 0 Å². The molecule has 1 aliphatic rings. The molecule has 2 atom stereocenters. The van der Waals surface area contributed by atoms with Gasteiger partial charge in [-0.2, -0.15) is 18.3 Å². The van der Waals surface area contributed by atoms with Crippen LogP contribution in [0.2, 0.25) is 5.02 Å². The number of likely N-dealkylation sites (tertiary alicyclic amines) is 1. The molecular formula is C12H14ClF3N4O3. The van der Waals surface area contributed by atoms with Gasteiger partial charge in [0.25, 0.3) is 0 Å². The Balaban J connectivity index is 2.00. The van der Waals surface area contributed by atoms with Gasteiger partial charge in [-0.25, -0.2) is 4.79 Å². The first-order valence-corrected chi connectivity index (χ1v) is 6.97. The average Bonchev–Trinajstić information content (AvgIpc) is 2.99. The van der Waals surface area contributed by atoms with Crippen molar-refractivity contribution in [1.82, 2.24) is 20.0 Å². The number of rotatable bonds is 3. The van der Waals surface area contributed by atoms with Gasteiger partial charge in [0.2, 0.25) is 0 Å². The molecule has 2 rings (SSSR count). The number of urea groups is 1. The van der Waals surface area contributed by atoms with Gasteiger partial charge < -0.3 is 15.3 Å². The Morgan fingerprint density at radius 3 is 2.57 bits per heavy atom. The summed E-state index contributed by atoms with van der Waals surface area (Å²) in [6.45, 7) is -1.26. The van der Waals surface area contributed by atoms with E-state index in [1.54, 1.807) is 7.05 Å². The normalized spacial score (nSPS) is 21.5. The molecular weight excluding hydrogens is 341 g/mol. The number of halogens is 4. The number of aryl methyl sites for hydroxylation is 1. The van der Waals surface area contributed by atoms with E-state index < -0.39 is 43.1 Å². The predicted octanol–water partition coefficient (Wildman–Crippen LogP) is 1.48. The molecule has 23 heavy (non-hydrogen) atoms. The molecule has 1 saturated heterocycles. The van der Waals surface area contributed by atoms with E-state index in [4.69, 9.17) is 16.7 Å². The summed E-state index contributed by atoms with van der Waals surface area (Å²) in [6, 6.07) is -0.787. The maximum Gasteiger partial charge on any atom is 0.394 e. The monoisotopic (exact) mass is 354 g/mol. The van der Waals surface area contributed by atoms with Gasteiger partial charge in [0.1, 0.15) is 5.69 Å². The quantitative estimate of drug-likeness (QED) is 0.860. The number of hydrogen-bond donors (Lipinski definition) is 2. The zero-order chi connectivity index (χ0) is 17.4. The summed E-state index contributed by atoms with van der Waals surface area (Å²) in [4.78, 5) is 23.8. The van der Waals surface area contributed by atoms with Crippen LogP contribution in [0.5, 0.6) is 0 Å². The summed E-state index contributed by atoms with van der Waals surface area (Å²) >= 11 is 5.86. The number of carbonyl (C=O) groups is 2. The van der Waals surface area contributed by atoms with Crippen LogP contribution in [0.4, 0.5) is 18.0 Å². The molecule has 1 aliphatic heterocycles. The fourth-order valence-corrected chi connectivity index (χ4v) is 2.69. The third-order valence-electron chi connectivity index (χ3n) is 3.61. The minimum Gasteiger partial charge on any atom is -0.481 e. The van der Waals surface area contributed by atoms with Gasteiger partial charge in [0.05, 0.1) is 23.4 Å². The molecule has 0 spiro atoms. The molecule has 0 bridgehead atoms. The van der Waals surface area contributed by atoms with E-state index in [1.807, 2.05) is 0 Å². The number of amides is 2. The highest BCUT2D eigenvalue weighted by atomic mass is 35.5. The Morgan fingerprint density at radius 2 is 2.13 bits per heavy atom. The first kappa shape index (κ1) is 17.4. The molecule has 1 fully saturated rings. The molecule has 1 aromatic heterocycles. The van der Waals surface area contributed by atoms with E-state index in [0.29, 0.717) is 10.7 Å². The first-order valence-electron chi connectivity index (χ1n) is 6.60. The van der Waals surface area contributed by atoms with Gasteiger partial charge in [0, 0.05) is 26.3 Å². The number of carbonyl (C=O) groups excluding carboxylic acids is 1. The van der Waals surface area contributed by atoms with Crippen LogP contribution in [-0.4, -0.2) is 51.1 Å². The number of carboxylic acid groups (broad SMARTS) is 1. The van der Waals surface area contributed by atoms with Crippen molar-refractivity contribution >= 4 is 23.6 Å². The van der Waals surface area contributed by atoms with Crippen molar-refractivity contribution < 1.29 is 27.9 Å². The van der Waals surface area contributed by atoms with Crippen LogP contribution in [-0.2, 0) is 18.4 Å². The Bertz CT molecular complexity index is 619. The summed E-state index contributed by atoms with van der Waals surface area (Å²) < 4.78 is 40.0. The maximum absolute atomic E-state index is 12.9. The van der Waals surface area contributed by atoms with Crippen LogP contribution in [0.3, 0.4) is 0 Å². The Labute approximate surface area is 134 Å². The highest BCUT2D eigenvalue weighted by Gasteiger charge is 2.53. The van der Waals surface area contributed by atoms with Crippen LogP contribution in [0.1, 0.15) is 5.69 Å². The van der Waals surface area contributed by atoms with Crippen molar-refractivity contribution in [1.29, 1.82) is 0 Å². The second-order valence-corrected chi connectivity index (χ2v) is 5.66. The van der Waals surface area contributed by atoms with Crippen molar-refractivity contribution in [2.75, 3.05) is 13.1 Å². The minimum atomic E-state index is -4.68. The van der Waals surface area contributed by atoms with E-state index in [-0.39, 0.29) is 6.54 Å². The molecule has 1 aromatic rings. The van der Waals surface area contributed by atoms with E-state index in [1.165, 1.54) is 10.9 Å². The lowest BCUT2D eigenvalue weighted by atomic mass is 9.96. The fourth-order valence-electron chi connectivity index (χ4n) is 2.45. The number of alkyl halides is 3. The number of carboxylic acids is 1. The van der Waals surface area contributed by atoms with Crippen molar-refractivity contribution in [3.8, 4) is 0 Å². The summed E-state index contributed by atoms with van der Waals surface area (Å²) in [5, 5.41) is 15.6. The van der Waals surface area contributed by atoms with Crippen LogP contribution < -0.4 is 5.32 Å². The fraction of sp³-hybridized carbons (Fsp3) is 0.583. The van der Waals surface area contributed by atoms with Crippen LogP contribution in [0, 0.1) is 11.8 Å². The Morgan fingerprint density at radius 1 is 1.48 bits per heavy atom. The van der Waals surface area contributed by atoms with Crippen molar-refractivity contribution in [3.05, 3.63) is 16.9 Å². The first-order chi connectivity index (χ1) is 10.6. The standard InChI is InChI=1S/C12H14ClF3N4O3/c1-19-5-8(13)9(18-19)2-17-11(23)20-3-6(10(21)22)7(4-20)12(14,15)16/h5-7H,2-4H2,1H3,(H,17,23)(H,21,22)/t6-,7-/m1/s1. The molecule has 0 saturated carbocycles. The number of nitrogens with one attached hydrogen (secondary N) is 1. The van der Waals surface area contributed by atoms with Crippen LogP contribution >= 0.6 is 11.6 Å². The summed E-state index contributed by atoms with van der Waals surface area (Å²) in [6.07, 6.45) is -3.17. The smallest absolute Gasteiger partial charge is 0.394 e. The van der Waals surface area contributed by atoms with E-state index in [9.17, 15) is 22.8 Å². The summed E-state index contributed by atoms with van der Waals surface area (Å²) in [5.74, 6) is -5.32. The van der Waals surface area contributed by atoms with Crippen molar-refractivity contribution in [3.63, 3.8) is 0 Å². The van der Waals surface area contributed by atoms with Gasteiger partial charge in [0.15, 0.2) is 0 Å². The topological polar surface area (TPSA) is 87.5 Å². The van der Waals surface area contributed by atoms with Gasteiger partial charge in [-0.05, 0) is 0 Å². The molecule has 7 nitrogen and oxygen atoms in total. The highest BCUT2D eigenvalue weighted by Crippen LogP contribution is 2.37. The van der Waals surface area contributed by atoms with Crippen LogP contribution in [0.25, 0.3) is 0 Å². The van der Waals surface area contributed by atoms with Gasteiger partial charge in [-0.15, -0.1) is 0 Å². The second-order valence-electron chi connectivity index (χ2n) is 5.25. The molecule has 128 valence electrons. The number of hydrogen-bond acceptors (Lipinski definition) is 3. The summed E-state index contributed by atoms with van der Waals surface area (Å²) in [7, 11) is 1.63. The third kappa shape index (κ3) is 3.87. The molecule has 2 heterocycles. The molecule has 11 heteroatoms. The maximum atomic E-state index is 12.9. The summed E-state index contributed by atoms with van der Waals surface area (Å²) in [5.41, 5.74) is 0.365.